The molecule has 2 fully saturated rings. The number of amides is 2. The number of nitrogens with two attached hydrogens (primary N) is 1. The molecule has 0 unspecified atom stereocenters. The van der Waals surface area contributed by atoms with E-state index in [1.165, 1.54) is 5.56 Å². The number of carboxylic acids is 1. The van der Waals surface area contributed by atoms with Crippen LogP contribution < -0.4 is 16.5 Å². The second-order valence-corrected chi connectivity index (χ2v) is 9.78. The van der Waals surface area contributed by atoms with Gasteiger partial charge in [-0.2, -0.15) is 5.10 Å². The normalized spacial score (nSPS) is 18.2. The Morgan fingerprint density at radius 1 is 1.22 bits per heavy atom. The van der Waals surface area contributed by atoms with Gasteiger partial charge in [-0.3, -0.25) is 14.4 Å². The SMILES string of the molecule is Cl.NN=CN1CCC[C@@H](CNC(=O)C[C@H](NCCCc2ccccc2)C(=O)N(CCC(=O)O)C2CC2)C1. The zero-order chi connectivity index (χ0) is 25.8. The predicted molar refractivity (Wildman–Crippen MR) is 145 cm³/mol. The summed E-state index contributed by atoms with van der Waals surface area (Å²) in [5, 5.41) is 19.0. The number of halogens is 1. The van der Waals surface area contributed by atoms with Crippen LogP contribution in [0.4, 0.5) is 0 Å². The van der Waals surface area contributed by atoms with Crippen molar-refractivity contribution in [1.29, 1.82) is 0 Å². The van der Waals surface area contributed by atoms with E-state index in [1.807, 2.05) is 18.2 Å². The van der Waals surface area contributed by atoms with Crippen molar-refractivity contribution in [1.82, 2.24) is 20.4 Å². The Hall–Kier alpha value is -2.85. The van der Waals surface area contributed by atoms with Gasteiger partial charge in [0.1, 0.15) is 6.34 Å². The molecular weight excluding hydrogens is 496 g/mol. The van der Waals surface area contributed by atoms with Crippen LogP contribution >= 0.6 is 12.4 Å². The Kier molecular flexibility index (Phi) is 13.2. The van der Waals surface area contributed by atoms with Gasteiger partial charge in [0.2, 0.25) is 11.8 Å². The number of carbonyl (C=O) groups excluding carboxylic acids is 2. The number of hydrazone groups is 1. The molecule has 0 aromatic heterocycles. The number of nitrogens with zero attached hydrogens (tertiary/aromatic N) is 3. The summed E-state index contributed by atoms with van der Waals surface area (Å²) in [5.74, 6) is 4.27. The number of carbonyl (C=O) groups is 3. The average molecular weight is 537 g/mol. The second-order valence-electron chi connectivity index (χ2n) is 9.78. The van der Waals surface area contributed by atoms with Crippen molar-refractivity contribution in [3.8, 4) is 0 Å². The van der Waals surface area contributed by atoms with E-state index in [9.17, 15) is 14.4 Å². The maximum atomic E-state index is 13.4. The summed E-state index contributed by atoms with van der Waals surface area (Å²) in [5.41, 5.74) is 1.22. The number of aryl methyl sites for hydroxylation is 1. The van der Waals surface area contributed by atoms with E-state index in [-0.39, 0.29) is 49.6 Å². The lowest BCUT2D eigenvalue weighted by Gasteiger charge is -2.31. The lowest BCUT2D eigenvalue weighted by Crippen LogP contribution is -2.50. The Bertz CT molecular complexity index is 883. The smallest absolute Gasteiger partial charge is 0.305 e. The lowest BCUT2D eigenvalue weighted by molar-refractivity contribution is -0.140. The van der Waals surface area contributed by atoms with E-state index in [2.05, 4.69) is 32.8 Å². The minimum Gasteiger partial charge on any atom is -0.481 e. The molecule has 0 radical (unpaired) electrons. The number of benzene rings is 1. The van der Waals surface area contributed by atoms with Crippen molar-refractivity contribution in [2.45, 2.75) is 63.5 Å². The number of likely N-dealkylation sites (tertiary alicyclic amines) is 1. The highest BCUT2D eigenvalue weighted by molar-refractivity contribution is 5.89. The molecule has 2 aliphatic rings. The summed E-state index contributed by atoms with van der Waals surface area (Å²) in [7, 11) is 0. The molecule has 0 spiro atoms. The van der Waals surface area contributed by atoms with E-state index < -0.39 is 12.0 Å². The van der Waals surface area contributed by atoms with Crippen molar-refractivity contribution < 1.29 is 19.5 Å². The highest BCUT2D eigenvalue weighted by atomic mass is 35.5. The molecule has 11 heteroatoms. The van der Waals surface area contributed by atoms with Crippen LogP contribution in [-0.2, 0) is 20.8 Å². The summed E-state index contributed by atoms with van der Waals surface area (Å²) in [6.45, 7) is 2.98. The fourth-order valence-electron chi connectivity index (χ4n) is 4.71. The van der Waals surface area contributed by atoms with Gasteiger partial charge in [-0.05, 0) is 56.6 Å². The molecule has 2 amide bonds. The Morgan fingerprint density at radius 2 is 1.97 bits per heavy atom. The minimum absolute atomic E-state index is 0. The topological polar surface area (TPSA) is 140 Å². The molecule has 1 heterocycles. The maximum Gasteiger partial charge on any atom is 0.305 e. The number of nitrogens with one attached hydrogen (secondary N) is 2. The van der Waals surface area contributed by atoms with Crippen LogP contribution in [0.2, 0.25) is 0 Å². The molecular formula is C26H41ClN6O4. The molecule has 2 atom stereocenters. The first kappa shape index (κ1) is 30.4. The van der Waals surface area contributed by atoms with Crippen LogP contribution in [0.15, 0.2) is 35.4 Å². The Morgan fingerprint density at radius 3 is 2.65 bits per heavy atom. The van der Waals surface area contributed by atoms with Crippen molar-refractivity contribution in [3.63, 3.8) is 0 Å². The number of hydrogen-bond acceptors (Lipinski definition) is 6. The van der Waals surface area contributed by atoms with Gasteiger partial charge in [-0.15, -0.1) is 12.4 Å². The third-order valence-corrected chi connectivity index (χ3v) is 6.77. The van der Waals surface area contributed by atoms with Crippen molar-refractivity contribution in [2.24, 2.45) is 16.9 Å². The third kappa shape index (κ3) is 11.0. The first-order chi connectivity index (χ1) is 17.5. The van der Waals surface area contributed by atoms with Crippen LogP contribution in [0.1, 0.15) is 50.5 Å². The van der Waals surface area contributed by atoms with Crippen molar-refractivity contribution in [2.75, 3.05) is 32.7 Å². The van der Waals surface area contributed by atoms with Gasteiger partial charge >= 0.3 is 5.97 Å². The van der Waals surface area contributed by atoms with Gasteiger partial charge in [0.15, 0.2) is 0 Å². The zero-order valence-electron chi connectivity index (χ0n) is 21.4. The third-order valence-electron chi connectivity index (χ3n) is 6.77. The van der Waals surface area contributed by atoms with Gasteiger partial charge in [0.05, 0.1) is 18.9 Å². The van der Waals surface area contributed by atoms with E-state index in [0.29, 0.717) is 19.0 Å². The number of hydrogen-bond donors (Lipinski definition) is 4. The Labute approximate surface area is 225 Å². The second kappa shape index (κ2) is 16.1. The predicted octanol–water partition coefficient (Wildman–Crippen LogP) is 1.59. The minimum atomic E-state index is -0.931. The van der Waals surface area contributed by atoms with Crippen LogP contribution in [0.3, 0.4) is 0 Å². The number of piperidine rings is 1. The first-order valence-corrected chi connectivity index (χ1v) is 13.0. The first-order valence-electron chi connectivity index (χ1n) is 13.0. The highest BCUT2D eigenvalue weighted by Crippen LogP contribution is 2.28. The van der Waals surface area contributed by atoms with E-state index in [4.69, 9.17) is 10.9 Å². The quantitative estimate of drug-likeness (QED) is 0.0876. The molecule has 10 nitrogen and oxygen atoms in total. The molecule has 206 valence electrons. The molecule has 1 saturated carbocycles. The van der Waals surface area contributed by atoms with Gasteiger partial charge in [0.25, 0.3) is 0 Å². The van der Waals surface area contributed by atoms with Crippen LogP contribution in [-0.4, -0.2) is 83.8 Å². The summed E-state index contributed by atoms with van der Waals surface area (Å²) < 4.78 is 0. The lowest BCUT2D eigenvalue weighted by atomic mass is 9.98. The van der Waals surface area contributed by atoms with Crippen LogP contribution in [0.25, 0.3) is 0 Å². The van der Waals surface area contributed by atoms with E-state index in [1.54, 1.807) is 11.2 Å². The molecule has 37 heavy (non-hydrogen) atoms. The Balaban J connectivity index is 0.00000481. The van der Waals surface area contributed by atoms with E-state index in [0.717, 1.165) is 51.6 Å². The van der Waals surface area contributed by atoms with Gasteiger partial charge < -0.3 is 31.4 Å². The highest BCUT2D eigenvalue weighted by Gasteiger charge is 2.36. The molecule has 1 saturated heterocycles. The summed E-state index contributed by atoms with van der Waals surface area (Å²) in [4.78, 5) is 41.1. The summed E-state index contributed by atoms with van der Waals surface area (Å²) >= 11 is 0. The molecule has 3 rings (SSSR count). The molecule has 5 N–H and O–H groups in total. The summed E-state index contributed by atoms with van der Waals surface area (Å²) in [6.07, 6.45) is 7.04. The average Bonchev–Trinajstić information content (AvgIpc) is 3.71. The molecule has 1 aliphatic heterocycles. The number of rotatable bonds is 15. The largest absolute Gasteiger partial charge is 0.481 e. The van der Waals surface area contributed by atoms with Crippen molar-refractivity contribution in [3.05, 3.63) is 35.9 Å². The van der Waals surface area contributed by atoms with Gasteiger partial charge in [0, 0.05) is 32.2 Å². The van der Waals surface area contributed by atoms with Gasteiger partial charge in [-0.25, -0.2) is 0 Å². The van der Waals surface area contributed by atoms with Crippen LogP contribution in [0, 0.1) is 5.92 Å². The monoisotopic (exact) mass is 536 g/mol. The standard InChI is InChI=1S/C26H40N6O4.ClH/c27-30-19-31-14-5-9-21(18-31)17-29-24(33)16-23(28-13-4-8-20-6-2-1-3-7-20)26(36)32(22-10-11-22)15-12-25(34)35;/h1-3,6-7,19,21-23,28H,4-5,8-18,27H2,(H,29,33)(H,34,35);1H/t21-,23-;/m0./s1. The molecule has 1 aromatic carbocycles. The van der Waals surface area contributed by atoms with Gasteiger partial charge in [-0.1, -0.05) is 30.3 Å². The molecule has 1 aliphatic carbocycles. The number of carboxylic acid groups (broad SMARTS) is 1. The van der Waals surface area contributed by atoms with E-state index >= 15 is 0 Å². The molecule has 1 aromatic rings. The maximum absolute atomic E-state index is 13.4. The summed E-state index contributed by atoms with van der Waals surface area (Å²) in [6, 6.07) is 9.53. The fraction of sp³-hybridized carbons (Fsp3) is 0.615. The zero-order valence-corrected chi connectivity index (χ0v) is 22.2. The molecule has 0 bridgehead atoms. The van der Waals surface area contributed by atoms with Crippen molar-refractivity contribution >= 4 is 36.5 Å². The number of aliphatic carboxylic acids is 1. The fourth-order valence-corrected chi connectivity index (χ4v) is 4.71. The van der Waals surface area contributed by atoms with Crippen LogP contribution in [0.5, 0.6) is 0 Å².